The average molecular weight is 498 g/mol. The third-order valence-electron chi connectivity index (χ3n) is 6.92. The van der Waals surface area contributed by atoms with Gasteiger partial charge in [-0.1, -0.05) is 32.2 Å². The van der Waals surface area contributed by atoms with Crippen LogP contribution < -0.4 is 15.5 Å². The summed E-state index contributed by atoms with van der Waals surface area (Å²) in [5, 5.41) is 6.69. The predicted octanol–water partition coefficient (Wildman–Crippen LogP) is 5.33. The molecule has 0 unspecified atom stereocenters. The van der Waals surface area contributed by atoms with Crippen molar-refractivity contribution in [3.63, 3.8) is 0 Å². The van der Waals surface area contributed by atoms with Crippen LogP contribution in [0.15, 0.2) is 73.4 Å². The third-order valence-corrected chi connectivity index (χ3v) is 6.92. The minimum atomic E-state index is 0.681. The molecular weight excluding hydrogens is 458 g/mol. The van der Waals surface area contributed by atoms with Gasteiger partial charge in [-0.2, -0.15) is 0 Å². The lowest BCUT2D eigenvalue weighted by Crippen LogP contribution is -2.44. The number of hydrogen-bond donors (Lipinski definition) is 3. The molecule has 1 fully saturated rings. The number of benzene rings is 1. The van der Waals surface area contributed by atoms with E-state index in [9.17, 15) is 0 Å². The molecule has 1 aliphatic rings. The molecule has 1 saturated heterocycles. The highest BCUT2D eigenvalue weighted by molar-refractivity contribution is 5.88. The van der Waals surface area contributed by atoms with Gasteiger partial charge < -0.3 is 25.4 Å². The zero-order valence-electron chi connectivity index (χ0n) is 22.6. The first-order valence-corrected chi connectivity index (χ1v) is 13.0. The lowest BCUT2D eigenvalue weighted by Gasteiger charge is -2.33. The normalized spacial score (nSPS) is 15.2. The van der Waals surface area contributed by atoms with Crippen LogP contribution in [-0.2, 0) is 6.42 Å². The van der Waals surface area contributed by atoms with Gasteiger partial charge in [0, 0.05) is 56.7 Å². The maximum atomic E-state index is 5.04. The zero-order chi connectivity index (χ0) is 26.4. The molecule has 0 saturated carbocycles. The van der Waals surface area contributed by atoms with E-state index in [4.69, 9.17) is 4.98 Å². The number of likely N-dealkylation sites (N-methyl/N-ethyl adjacent to an activating group) is 1. The number of nitrogens with one attached hydrogen (secondary N) is 3. The van der Waals surface area contributed by atoms with Gasteiger partial charge in [-0.3, -0.25) is 4.98 Å². The van der Waals surface area contributed by atoms with Crippen LogP contribution >= 0.6 is 0 Å². The molecule has 0 radical (unpaired) electrons. The number of rotatable bonds is 10. The maximum absolute atomic E-state index is 5.04. The number of anilines is 2. The summed E-state index contributed by atoms with van der Waals surface area (Å²) in [6, 6.07) is 6.51. The number of imidazole rings is 1. The standard InChI is InChI=1S/C30H39N7/c1-7-21(4)33-25(9-3)17-22(8-2)23-10-11-26(31-5)24(16-23)18-29-34-27-19-32-20-28(30(27)35-29)37-14-12-36(6)13-15-37/h8-11,16-17,19-20,31,33H,3-4,7,12-15,18H2,1-2,5-6H3,(H,34,35)/b22-8+,25-17+. The Morgan fingerprint density at radius 1 is 1.19 bits per heavy atom. The van der Waals surface area contributed by atoms with Gasteiger partial charge in [-0.25, -0.2) is 4.98 Å². The van der Waals surface area contributed by atoms with Crippen LogP contribution in [0.1, 0.15) is 37.2 Å². The highest BCUT2D eigenvalue weighted by Crippen LogP contribution is 2.28. The molecule has 1 aromatic carbocycles. The second-order valence-corrected chi connectivity index (χ2v) is 9.46. The number of fused-ring (bicyclic) bond motifs is 1. The van der Waals surface area contributed by atoms with Gasteiger partial charge >= 0.3 is 0 Å². The molecule has 37 heavy (non-hydrogen) atoms. The number of aromatic nitrogens is 3. The Bertz CT molecular complexity index is 1320. The third kappa shape index (κ3) is 6.12. The van der Waals surface area contributed by atoms with Crippen LogP contribution in [0.4, 0.5) is 11.4 Å². The molecule has 7 nitrogen and oxygen atoms in total. The number of H-pyrrole nitrogens is 1. The first-order chi connectivity index (χ1) is 17.9. The number of allylic oxidation sites excluding steroid dienone is 5. The van der Waals surface area contributed by atoms with Gasteiger partial charge in [0.15, 0.2) is 0 Å². The van der Waals surface area contributed by atoms with Crippen LogP contribution in [0.5, 0.6) is 0 Å². The first-order valence-electron chi connectivity index (χ1n) is 13.0. The SMILES string of the molecule is C=C/C(=C\C(=C/C)c1ccc(NC)c(Cc2nc3c(N4CCN(C)CC4)cncc3[nH]2)c1)NC(=C)CC. The molecule has 0 bridgehead atoms. The van der Waals surface area contributed by atoms with E-state index >= 15 is 0 Å². The molecule has 3 N–H and O–H groups in total. The van der Waals surface area contributed by atoms with E-state index in [2.05, 4.69) is 94.8 Å². The Kier molecular flexibility index (Phi) is 8.46. The summed E-state index contributed by atoms with van der Waals surface area (Å²) >= 11 is 0. The van der Waals surface area contributed by atoms with Crippen LogP contribution in [0, 0.1) is 0 Å². The quantitative estimate of drug-likeness (QED) is 0.329. The van der Waals surface area contributed by atoms with Gasteiger partial charge in [0.05, 0.1) is 23.6 Å². The summed E-state index contributed by atoms with van der Waals surface area (Å²) in [5.74, 6) is 0.928. The van der Waals surface area contributed by atoms with Crippen molar-refractivity contribution in [2.75, 3.05) is 50.5 Å². The summed E-state index contributed by atoms with van der Waals surface area (Å²) in [6.07, 6.45) is 11.4. The van der Waals surface area contributed by atoms with E-state index < -0.39 is 0 Å². The smallest absolute Gasteiger partial charge is 0.115 e. The van der Waals surface area contributed by atoms with Gasteiger partial charge in [0.2, 0.25) is 0 Å². The fourth-order valence-corrected chi connectivity index (χ4v) is 4.62. The second kappa shape index (κ2) is 11.9. The lowest BCUT2D eigenvalue weighted by molar-refractivity contribution is 0.313. The van der Waals surface area contributed by atoms with Crippen LogP contribution in [0.25, 0.3) is 16.6 Å². The number of aromatic amines is 1. The fraction of sp³-hybridized carbons (Fsp3) is 0.333. The molecule has 194 valence electrons. The molecule has 0 spiro atoms. The van der Waals surface area contributed by atoms with Crippen molar-refractivity contribution >= 4 is 28.0 Å². The molecule has 0 aliphatic carbocycles. The highest BCUT2D eigenvalue weighted by Gasteiger charge is 2.19. The summed E-state index contributed by atoms with van der Waals surface area (Å²) in [6.45, 7) is 16.2. The average Bonchev–Trinajstić information content (AvgIpc) is 3.34. The van der Waals surface area contributed by atoms with E-state index in [0.717, 1.165) is 83.4 Å². The van der Waals surface area contributed by atoms with Crippen molar-refractivity contribution in [2.24, 2.45) is 0 Å². The Labute approximate surface area is 220 Å². The van der Waals surface area contributed by atoms with Crippen molar-refractivity contribution < 1.29 is 0 Å². The summed E-state index contributed by atoms with van der Waals surface area (Å²) in [5.41, 5.74) is 9.47. The summed E-state index contributed by atoms with van der Waals surface area (Å²) in [4.78, 5) is 17.8. The van der Waals surface area contributed by atoms with Crippen molar-refractivity contribution in [3.8, 4) is 0 Å². The van der Waals surface area contributed by atoms with Gasteiger partial charge in [-0.15, -0.1) is 0 Å². The van der Waals surface area contributed by atoms with Gasteiger partial charge in [0.1, 0.15) is 11.3 Å². The molecule has 1 aliphatic heterocycles. The molecule has 2 aromatic heterocycles. The van der Waals surface area contributed by atoms with E-state index in [0.29, 0.717) is 6.42 Å². The van der Waals surface area contributed by atoms with Crippen molar-refractivity contribution in [2.45, 2.75) is 26.7 Å². The Balaban J connectivity index is 1.64. The van der Waals surface area contributed by atoms with Crippen LogP contribution in [0.3, 0.4) is 0 Å². The van der Waals surface area contributed by atoms with Crippen molar-refractivity contribution in [1.82, 2.24) is 25.2 Å². The number of nitrogens with zero attached hydrogens (tertiary/aromatic N) is 4. The Morgan fingerprint density at radius 2 is 1.97 bits per heavy atom. The van der Waals surface area contributed by atoms with Crippen molar-refractivity contribution in [1.29, 1.82) is 0 Å². The summed E-state index contributed by atoms with van der Waals surface area (Å²) < 4.78 is 0. The molecule has 7 heteroatoms. The van der Waals surface area contributed by atoms with Gasteiger partial charge in [-0.05, 0) is 61.4 Å². The molecule has 0 atom stereocenters. The predicted molar refractivity (Wildman–Crippen MR) is 157 cm³/mol. The zero-order valence-corrected chi connectivity index (χ0v) is 22.6. The van der Waals surface area contributed by atoms with E-state index in [1.807, 2.05) is 25.5 Å². The highest BCUT2D eigenvalue weighted by atomic mass is 15.3. The summed E-state index contributed by atoms with van der Waals surface area (Å²) in [7, 11) is 4.13. The van der Waals surface area contributed by atoms with E-state index in [-0.39, 0.29) is 0 Å². The lowest BCUT2D eigenvalue weighted by atomic mass is 9.98. The first kappa shape index (κ1) is 26.2. The number of pyridine rings is 1. The number of hydrogen-bond acceptors (Lipinski definition) is 6. The van der Waals surface area contributed by atoms with E-state index in [1.54, 1.807) is 0 Å². The second-order valence-electron chi connectivity index (χ2n) is 9.46. The van der Waals surface area contributed by atoms with Crippen LogP contribution in [-0.4, -0.2) is 60.1 Å². The topological polar surface area (TPSA) is 72.1 Å². The minimum Gasteiger partial charge on any atom is -0.388 e. The minimum absolute atomic E-state index is 0.681. The van der Waals surface area contributed by atoms with Crippen LogP contribution in [0.2, 0.25) is 0 Å². The Morgan fingerprint density at radius 3 is 2.65 bits per heavy atom. The van der Waals surface area contributed by atoms with E-state index in [1.165, 1.54) is 5.56 Å². The van der Waals surface area contributed by atoms with Gasteiger partial charge in [0.25, 0.3) is 0 Å². The molecular formula is C30H39N7. The number of piperazine rings is 1. The molecule has 3 aromatic rings. The fourth-order valence-electron chi connectivity index (χ4n) is 4.62. The molecule has 0 amide bonds. The largest absolute Gasteiger partial charge is 0.388 e. The molecule has 4 rings (SSSR count). The van der Waals surface area contributed by atoms with Crippen molar-refractivity contribution in [3.05, 3.63) is 90.3 Å². The monoisotopic (exact) mass is 497 g/mol. The maximum Gasteiger partial charge on any atom is 0.115 e. The molecule has 3 heterocycles. The Hall–Kier alpha value is -3.84.